The summed E-state index contributed by atoms with van der Waals surface area (Å²) < 4.78 is 0. The van der Waals surface area contributed by atoms with Crippen LogP contribution in [-0.2, 0) is 0 Å². The quantitative estimate of drug-likeness (QED) is 0.589. The van der Waals surface area contributed by atoms with Crippen LogP contribution in [0, 0.1) is 17.8 Å². The molecule has 0 aliphatic rings. The fraction of sp³-hybridized carbons (Fsp3) is 1.00. The van der Waals surface area contributed by atoms with Gasteiger partial charge < -0.3 is 0 Å². The lowest BCUT2D eigenvalue weighted by Gasteiger charge is -2.23. The van der Waals surface area contributed by atoms with Crippen molar-refractivity contribution in [3.05, 3.63) is 0 Å². The minimum absolute atomic E-state index is 0.667. The smallest absolute Gasteiger partial charge is 0 e. The molecule has 0 bridgehead atoms. The Bertz CT molecular complexity index is 104. The standard InChI is InChI=1S/C10H22.B4/c1-6-8(3)10(5)9(4)7-2;1-4(2)3/h8-10H,6-7H2,1-5H3;. The van der Waals surface area contributed by atoms with Gasteiger partial charge in [-0.3, -0.25) is 0 Å². The summed E-state index contributed by atoms with van der Waals surface area (Å²) in [5.74, 6) is 2.69. The van der Waals surface area contributed by atoms with Crippen molar-refractivity contribution in [2.75, 3.05) is 0 Å². The summed E-state index contributed by atoms with van der Waals surface area (Å²) in [6.45, 7) is 11.7. The molecule has 0 saturated heterocycles. The Balaban J connectivity index is 0. The summed E-state index contributed by atoms with van der Waals surface area (Å²) in [6.07, 6.45) is 1.98. The summed E-state index contributed by atoms with van der Waals surface area (Å²) in [7, 11) is 14.0. The van der Waals surface area contributed by atoms with Crippen LogP contribution in [0.4, 0.5) is 0 Å². The van der Waals surface area contributed by atoms with E-state index in [4.69, 9.17) is 0 Å². The zero-order chi connectivity index (χ0) is 11.7. The van der Waals surface area contributed by atoms with Crippen LogP contribution in [0.2, 0.25) is 0 Å². The molecule has 0 aromatic rings. The minimum Gasteiger partial charge on any atom is -0.0651 e. The van der Waals surface area contributed by atoms with Gasteiger partial charge >= 0.3 is 0 Å². The topological polar surface area (TPSA) is 0 Å². The highest BCUT2D eigenvalue weighted by molar-refractivity contribution is 7.49. The van der Waals surface area contributed by atoms with Gasteiger partial charge in [0.1, 0.15) is 0 Å². The van der Waals surface area contributed by atoms with Crippen LogP contribution in [0.5, 0.6) is 0 Å². The van der Waals surface area contributed by atoms with Crippen molar-refractivity contribution in [3.63, 3.8) is 0 Å². The van der Waals surface area contributed by atoms with E-state index in [0.29, 0.717) is 0 Å². The van der Waals surface area contributed by atoms with Crippen molar-refractivity contribution in [1.82, 2.24) is 0 Å². The molecule has 0 aromatic carbocycles. The molecule has 14 heavy (non-hydrogen) atoms. The predicted molar refractivity (Wildman–Crippen MR) is 71.1 cm³/mol. The van der Waals surface area contributed by atoms with Crippen molar-refractivity contribution in [1.29, 1.82) is 0 Å². The summed E-state index contributed by atoms with van der Waals surface area (Å²) in [6, 6.07) is 0. The first-order valence-corrected chi connectivity index (χ1v) is 5.63. The SMILES string of the molecule is CCC(C)C(C)C(C)CC.[B]B([B])[B]. The minimum atomic E-state index is -0.667. The van der Waals surface area contributed by atoms with Gasteiger partial charge in [-0.25, -0.2) is 0 Å². The lowest BCUT2D eigenvalue weighted by Crippen LogP contribution is -2.14. The molecule has 0 aromatic heterocycles. The molecule has 0 spiro atoms. The van der Waals surface area contributed by atoms with Gasteiger partial charge in [0, 0.05) is 29.6 Å². The van der Waals surface area contributed by atoms with E-state index in [0.717, 1.165) is 17.8 Å². The molecule has 0 amide bonds. The van der Waals surface area contributed by atoms with Gasteiger partial charge in [-0.05, 0) is 17.8 Å². The molecule has 0 aliphatic carbocycles. The van der Waals surface area contributed by atoms with Crippen LogP contribution in [0.15, 0.2) is 0 Å². The Morgan fingerprint density at radius 1 is 0.857 bits per heavy atom. The normalized spacial score (nSPS) is 16.1. The summed E-state index contributed by atoms with van der Waals surface area (Å²) >= 11 is 0. The van der Waals surface area contributed by atoms with Crippen LogP contribution in [0.25, 0.3) is 0 Å². The molecule has 2 atom stereocenters. The fourth-order valence-electron chi connectivity index (χ4n) is 1.30. The first kappa shape index (κ1) is 16.7. The van der Waals surface area contributed by atoms with Gasteiger partial charge in [-0.2, -0.15) is 0 Å². The van der Waals surface area contributed by atoms with Gasteiger partial charge in [0.15, 0.2) is 0 Å². The molecule has 0 aliphatic heterocycles. The Labute approximate surface area is 95.3 Å². The van der Waals surface area contributed by atoms with E-state index in [1.165, 1.54) is 12.8 Å². The average molecular weight is 186 g/mol. The lowest BCUT2D eigenvalue weighted by atomic mass is 9.08. The van der Waals surface area contributed by atoms with E-state index in [-0.39, 0.29) is 0 Å². The van der Waals surface area contributed by atoms with E-state index in [9.17, 15) is 0 Å². The molecule has 0 nitrogen and oxygen atoms in total. The Hall–Kier alpha value is 0.260. The number of rotatable bonds is 4. The fourth-order valence-corrected chi connectivity index (χ4v) is 1.30. The van der Waals surface area contributed by atoms with E-state index >= 15 is 0 Å². The monoisotopic (exact) mass is 186 g/mol. The second-order valence-electron chi connectivity index (χ2n) is 4.21. The molecular formula is C10H22B4. The maximum absolute atomic E-state index is 4.67. The third-order valence-corrected chi connectivity index (χ3v) is 3.08. The van der Waals surface area contributed by atoms with Crippen LogP contribution < -0.4 is 0 Å². The van der Waals surface area contributed by atoms with Crippen molar-refractivity contribution in [2.24, 2.45) is 17.8 Å². The summed E-state index contributed by atoms with van der Waals surface area (Å²) in [5.41, 5.74) is 0. The molecular weight excluding hydrogens is 163 g/mol. The van der Waals surface area contributed by atoms with Gasteiger partial charge in [-0.15, -0.1) is 0 Å². The molecule has 74 valence electrons. The molecule has 6 radical (unpaired) electrons. The number of hydrogen-bond donors (Lipinski definition) is 0. The molecule has 0 saturated carbocycles. The van der Waals surface area contributed by atoms with Crippen molar-refractivity contribution in [2.45, 2.75) is 47.5 Å². The highest BCUT2D eigenvalue weighted by Crippen LogP contribution is 2.24. The van der Waals surface area contributed by atoms with Gasteiger partial charge in [0.05, 0.1) is 0 Å². The second kappa shape index (κ2) is 9.80. The van der Waals surface area contributed by atoms with Gasteiger partial charge in [-0.1, -0.05) is 47.5 Å². The predicted octanol–water partition coefficient (Wildman–Crippen LogP) is 2.19. The zero-order valence-corrected chi connectivity index (χ0v) is 10.5. The number of hydrogen-bond acceptors (Lipinski definition) is 0. The van der Waals surface area contributed by atoms with E-state index in [2.05, 4.69) is 57.8 Å². The third kappa shape index (κ3) is 10.3. The van der Waals surface area contributed by atoms with Gasteiger partial charge in [0.2, 0.25) is 0 Å². The van der Waals surface area contributed by atoms with Crippen LogP contribution in [0.1, 0.15) is 47.5 Å². The molecule has 4 heteroatoms. The third-order valence-electron chi connectivity index (χ3n) is 3.08. The maximum Gasteiger partial charge on any atom is 0 e. The van der Waals surface area contributed by atoms with Crippen molar-refractivity contribution in [3.8, 4) is 0 Å². The molecule has 2 unspecified atom stereocenters. The van der Waals surface area contributed by atoms with E-state index < -0.39 is 6.39 Å². The Kier molecular flexibility index (Phi) is 11.7. The molecule has 0 rings (SSSR count). The lowest BCUT2D eigenvalue weighted by molar-refractivity contribution is 0.267. The first-order chi connectivity index (χ1) is 6.36. The van der Waals surface area contributed by atoms with E-state index in [1.54, 1.807) is 0 Å². The Morgan fingerprint density at radius 3 is 1.21 bits per heavy atom. The molecule has 0 heterocycles. The average Bonchev–Trinajstić information content (AvgIpc) is 2.13. The van der Waals surface area contributed by atoms with E-state index in [1.807, 2.05) is 0 Å². The van der Waals surface area contributed by atoms with Crippen molar-refractivity contribution >= 4 is 29.6 Å². The van der Waals surface area contributed by atoms with Gasteiger partial charge in [0.25, 0.3) is 0 Å². The molecule has 0 fully saturated rings. The largest absolute Gasteiger partial charge is 0.0651 e. The van der Waals surface area contributed by atoms with Crippen LogP contribution in [-0.4, -0.2) is 29.6 Å². The second-order valence-corrected chi connectivity index (χ2v) is 4.21. The highest BCUT2D eigenvalue weighted by Gasteiger charge is 2.15. The van der Waals surface area contributed by atoms with Crippen LogP contribution >= 0.6 is 0 Å². The van der Waals surface area contributed by atoms with Crippen molar-refractivity contribution < 1.29 is 0 Å². The first-order valence-electron chi connectivity index (χ1n) is 5.63. The van der Waals surface area contributed by atoms with Crippen LogP contribution in [0.3, 0.4) is 0 Å². The summed E-state index contributed by atoms with van der Waals surface area (Å²) in [4.78, 5) is 0. The zero-order valence-electron chi connectivity index (χ0n) is 10.5. The summed E-state index contributed by atoms with van der Waals surface area (Å²) in [5, 5.41) is 0. The Morgan fingerprint density at radius 2 is 1.07 bits per heavy atom. The maximum atomic E-state index is 4.67. The highest BCUT2D eigenvalue weighted by atomic mass is 14.2. The molecule has 0 N–H and O–H groups in total.